The number of nitrogens with zero attached hydrogens (tertiary/aromatic N) is 2. The van der Waals surface area contributed by atoms with Crippen LogP contribution in [0.2, 0.25) is 0 Å². The van der Waals surface area contributed by atoms with E-state index < -0.39 is 0 Å². The third-order valence-electron chi connectivity index (χ3n) is 2.19. The minimum atomic E-state index is 0.486. The van der Waals surface area contributed by atoms with Gasteiger partial charge in [-0.15, -0.1) is 0 Å². The van der Waals surface area contributed by atoms with Gasteiger partial charge in [-0.05, 0) is 13.8 Å². The van der Waals surface area contributed by atoms with Crippen molar-refractivity contribution in [2.45, 2.75) is 19.9 Å². The average Bonchev–Trinajstić information content (AvgIpc) is 2.16. The van der Waals surface area contributed by atoms with Crippen molar-refractivity contribution in [3.63, 3.8) is 0 Å². The lowest BCUT2D eigenvalue weighted by Crippen LogP contribution is -2.48. The van der Waals surface area contributed by atoms with Crippen molar-refractivity contribution in [2.24, 2.45) is 0 Å². The van der Waals surface area contributed by atoms with E-state index in [9.17, 15) is 0 Å². The summed E-state index contributed by atoms with van der Waals surface area (Å²) in [4.78, 5) is 4.60. The summed E-state index contributed by atoms with van der Waals surface area (Å²) in [6, 6.07) is 0.486. The van der Waals surface area contributed by atoms with Crippen molar-refractivity contribution in [1.82, 2.24) is 9.80 Å². The SMILES string of the molecule is COCCN1CSC(=S)N(C(C)C)C1. The van der Waals surface area contributed by atoms with E-state index in [4.69, 9.17) is 17.0 Å². The normalized spacial score (nSPS) is 19.4. The highest BCUT2D eigenvalue weighted by atomic mass is 32.2. The highest BCUT2D eigenvalue weighted by Gasteiger charge is 2.22. The van der Waals surface area contributed by atoms with E-state index in [0.29, 0.717) is 6.04 Å². The van der Waals surface area contributed by atoms with Crippen LogP contribution in [0.4, 0.5) is 0 Å². The van der Waals surface area contributed by atoms with Crippen molar-refractivity contribution in [2.75, 3.05) is 32.8 Å². The van der Waals surface area contributed by atoms with Crippen LogP contribution >= 0.6 is 24.0 Å². The summed E-state index contributed by atoms with van der Waals surface area (Å²) in [5.41, 5.74) is 0. The summed E-state index contributed by atoms with van der Waals surface area (Å²) >= 11 is 7.04. The molecule has 0 aromatic rings. The summed E-state index contributed by atoms with van der Waals surface area (Å²) < 4.78 is 6.09. The zero-order valence-corrected chi connectivity index (χ0v) is 10.7. The first-order valence-electron chi connectivity index (χ1n) is 4.80. The van der Waals surface area contributed by atoms with Gasteiger partial charge in [0, 0.05) is 19.7 Å². The third-order valence-corrected chi connectivity index (χ3v) is 3.76. The molecule has 1 saturated heterocycles. The Labute approximate surface area is 95.8 Å². The summed E-state index contributed by atoms with van der Waals surface area (Å²) in [7, 11) is 1.74. The molecule has 0 N–H and O–H groups in total. The molecule has 0 radical (unpaired) electrons. The number of hydrogen-bond acceptors (Lipinski definition) is 4. The molecule has 0 bridgehead atoms. The number of rotatable bonds is 4. The van der Waals surface area contributed by atoms with Crippen LogP contribution < -0.4 is 0 Å². The molecule has 1 heterocycles. The lowest BCUT2D eigenvalue weighted by atomic mass is 10.3. The Balaban J connectivity index is 2.41. The molecule has 1 fully saturated rings. The van der Waals surface area contributed by atoms with Gasteiger partial charge in [0.2, 0.25) is 0 Å². The van der Waals surface area contributed by atoms with Gasteiger partial charge in [0.1, 0.15) is 4.32 Å². The second-order valence-electron chi connectivity index (χ2n) is 3.63. The molecule has 1 aliphatic rings. The molecule has 0 unspecified atom stereocenters. The van der Waals surface area contributed by atoms with E-state index in [1.165, 1.54) is 0 Å². The van der Waals surface area contributed by atoms with E-state index in [1.807, 2.05) is 0 Å². The maximum absolute atomic E-state index is 5.30. The van der Waals surface area contributed by atoms with Gasteiger partial charge < -0.3 is 9.64 Å². The van der Waals surface area contributed by atoms with Crippen molar-refractivity contribution in [3.05, 3.63) is 0 Å². The van der Waals surface area contributed by atoms with E-state index in [0.717, 1.165) is 30.0 Å². The Hall–Kier alpha value is 0.160. The smallest absolute Gasteiger partial charge is 0.138 e. The number of methoxy groups -OCH3 is 1. The standard InChI is InChI=1S/C9H18N2OS2/c1-8(2)11-6-10(4-5-12-3)7-14-9(11)13/h8H,4-7H2,1-3H3. The predicted molar refractivity (Wildman–Crippen MR) is 65.5 cm³/mol. The third kappa shape index (κ3) is 3.38. The molecule has 82 valence electrons. The number of ether oxygens (including phenoxy) is 1. The fourth-order valence-electron chi connectivity index (χ4n) is 1.27. The molecular weight excluding hydrogens is 216 g/mol. The molecule has 1 aliphatic heterocycles. The maximum Gasteiger partial charge on any atom is 0.138 e. The predicted octanol–water partition coefficient (Wildman–Crippen LogP) is 1.59. The van der Waals surface area contributed by atoms with Gasteiger partial charge in [0.15, 0.2) is 0 Å². The molecule has 0 amide bonds. The van der Waals surface area contributed by atoms with Gasteiger partial charge in [0.25, 0.3) is 0 Å². The summed E-state index contributed by atoms with van der Waals surface area (Å²) in [5.74, 6) is 0.991. The first kappa shape index (κ1) is 12.2. The van der Waals surface area contributed by atoms with Crippen molar-refractivity contribution < 1.29 is 4.74 Å². The molecule has 0 spiro atoms. The van der Waals surface area contributed by atoms with Crippen LogP contribution in [-0.4, -0.2) is 53.0 Å². The summed E-state index contributed by atoms with van der Waals surface area (Å²) in [6.07, 6.45) is 0. The fraction of sp³-hybridized carbons (Fsp3) is 0.889. The van der Waals surface area contributed by atoms with Gasteiger partial charge in [-0.25, -0.2) is 0 Å². The number of thiocarbonyl (C=S) groups is 1. The maximum atomic E-state index is 5.30. The largest absolute Gasteiger partial charge is 0.383 e. The van der Waals surface area contributed by atoms with Crippen molar-refractivity contribution in [1.29, 1.82) is 0 Å². The molecule has 0 aliphatic carbocycles. The Morgan fingerprint density at radius 3 is 2.86 bits per heavy atom. The summed E-state index contributed by atoms with van der Waals surface area (Å²) in [6.45, 7) is 7.06. The molecule has 1 rings (SSSR count). The first-order valence-corrected chi connectivity index (χ1v) is 6.19. The zero-order chi connectivity index (χ0) is 10.6. The molecule has 0 atom stereocenters. The Morgan fingerprint density at radius 2 is 2.29 bits per heavy atom. The van der Waals surface area contributed by atoms with Crippen LogP contribution in [0.5, 0.6) is 0 Å². The number of hydrogen-bond donors (Lipinski definition) is 0. The van der Waals surface area contributed by atoms with Gasteiger partial charge >= 0.3 is 0 Å². The van der Waals surface area contributed by atoms with E-state index in [-0.39, 0.29) is 0 Å². The first-order chi connectivity index (χ1) is 6.65. The lowest BCUT2D eigenvalue weighted by molar-refractivity contribution is 0.125. The van der Waals surface area contributed by atoms with Crippen molar-refractivity contribution in [3.8, 4) is 0 Å². The van der Waals surface area contributed by atoms with Crippen molar-refractivity contribution >= 4 is 28.3 Å². The van der Waals surface area contributed by atoms with Crippen LogP contribution in [0.1, 0.15) is 13.8 Å². The summed E-state index contributed by atoms with van der Waals surface area (Å²) in [5, 5.41) is 0. The van der Waals surface area contributed by atoms with E-state index in [2.05, 4.69) is 23.6 Å². The van der Waals surface area contributed by atoms with Crippen LogP contribution in [0, 0.1) is 0 Å². The van der Waals surface area contributed by atoms with Crippen LogP contribution in [-0.2, 0) is 4.74 Å². The number of thioether (sulfide) groups is 1. The van der Waals surface area contributed by atoms with Gasteiger partial charge in [0.05, 0.1) is 19.2 Å². The zero-order valence-electron chi connectivity index (χ0n) is 9.02. The second kappa shape index (κ2) is 5.90. The molecule has 14 heavy (non-hydrogen) atoms. The quantitative estimate of drug-likeness (QED) is 0.684. The van der Waals surface area contributed by atoms with E-state index in [1.54, 1.807) is 18.9 Å². The molecule has 0 aromatic carbocycles. The van der Waals surface area contributed by atoms with Gasteiger partial charge in [-0.3, -0.25) is 4.90 Å². The topological polar surface area (TPSA) is 15.7 Å². The Morgan fingerprint density at radius 1 is 1.57 bits per heavy atom. The van der Waals surface area contributed by atoms with Gasteiger partial charge in [-0.1, -0.05) is 24.0 Å². The second-order valence-corrected chi connectivity index (χ2v) is 5.21. The molecule has 5 heteroatoms. The minimum Gasteiger partial charge on any atom is -0.383 e. The molecule has 3 nitrogen and oxygen atoms in total. The monoisotopic (exact) mass is 234 g/mol. The highest BCUT2D eigenvalue weighted by Crippen LogP contribution is 2.20. The average molecular weight is 234 g/mol. The molecule has 0 saturated carbocycles. The fourth-order valence-corrected chi connectivity index (χ4v) is 2.64. The van der Waals surface area contributed by atoms with Crippen LogP contribution in [0.15, 0.2) is 0 Å². The highest BCUT2D eigenvalue weighted by molar-refractivity contribution is 8.22. The van der Waals surface area contributed by atoms with Gasteiger partial charge in [-0.2, -0.15) is 0 Å². The lowest BCUT2D eigenvalue weighted by Gasteiger charge is -2.38. The van der Waals surface area contributed by atoms with E-state index >= 15 is 0 Å². The molecular formula is C9H18N2OS2. The minimum absolute atomic E-state index is 0.486. The Bertz CT molecular complexity index is 199. The molecule has 0 aromatic heterocycles. The van der Waals surface area contributed by atoms with Crippen LogP contribution in [0.3, 0.4) is 0 Å². The van der Waals surface area contributed by atoms with Crippen LogP contribution in [0.25, 0.3) is 0 Å². The Kier molecular flexibility index (Phi) is 5.15.